The minimum Gasteiger partial charge on any atom is -0.305 e. The fraction of sp³-hybridized carbons (Fsp3) is 0.222. The van der Waals surface area contributed by atoms with Gasteiger partial charge in [-0.25, -0.2) is 9.78 Å². The highest BCUT2D eigenvalue weighted by atomic mass is 127. The Morgan fingerprint density at radius 1 is 1.60 bits per heavy atom. The molecule has 0 aliphatic carbocycles. The van der Waals surface area contributed by atoms with E-state index >= 15 is 0 Å². The quantitative estimate of drug-likeness (QED) is 0.849. The van der Waals surface area contributed by atoms with Crippen molar-refractivity contribution in [1.82, 2.24) is 19.7 Å². The van der Waals surface area contributed by atoms with Gasteiger partial charge in [-0.15, -0.1) is 0 Å². The van der Waals surface area contributed by atoms with Crippen molar-refractivity contribution in [2.75, 3.05) is 0 Å². The Hall–Kier alpha value is -1.18. The summed E-state index contributed by atoms with van der Waals surface area (Å²) >= 11 is 2.15. The summed E-state index contributed by atoms with van der Waals surface area (Å²) in [5, 5.41) is 4.30. The van der Waals surface area contributed by atoms with E-state index in [4.69, 9.17) is 0 Å². The van der Waals surface area contributed by atoms with Crippen molar-refractivity contribution in [2.45, 2.75) is 13.5 Å². The highest BCUT2D eigenvalue weighted by molar-refractivity contribution is 14.1. The van der Waals surface area contributed by atoms with Crippen molar-refractivity contribution in [3.05, 3.63) is 32.6 Å². The summed E-state index contributed by atoms with van der Waals surface area (Å²) in [6.45, 7) is 2.83. The number of rotatable bonds is 2. The molecular weight excluding hydrogens is 307 g/mol. The summed E-state index contributed by atoms with van der Waals surface area (Å²) in [5.74, 6) is 0. The molecule has 5 nitrogen and oxygen atoms in total. The zero-order valence-electron chi connectivity index (χ0n) is 8.07. The molecule has 0 amide bonds. The van der Waals surface area contributed by atoms with Crippen LogP contribution in [0.5, 0.6) is 0 Å². The molecule has 0 fully saturated rings. The molecule has 0 radical (unpaired) electrons. The van der Waals surface area contributed by atoms with E-state index in [0.29, 0.717) is 0 Å². The maximum Gasteiger partial charge on any atom is 0.345 e. The van der Waals surface area contributed by atoms with Crippen LogP contribution in [0.2, 0.25) is 0 Å². The lowest BCUT2D eigenvalue weighted by molar-refractivity contribution is 0.655. The molecule has 78 valence electrons. The third kappa shape index (κ3) is 2.09. The van der Waals surface area contributed by atoms with E-state index in [1.165, 1.54) is 6.20 Å². The van der Waals surface area contributed by atoms with E-state index in [1.54, 1.807) is 6.07 Å². The van der Waals surface area contributed by atoms with Gasteiger partial charge in [-0.1, -0.05) is 0 Å². The van der Waals surface area contributed by atoms with E-state index in [2.05, 4.69) is 37.7 Å². The predicted molar refractivity (Wildman–Crippen MR) is 64.5 cm³/mol. The van der Waals surface area contributed by atoms with Gasteiger partial charge < -0.3 is 4.98 Å². The van der Waals surface area contributed by atoms with Crippen molar-refractivity contribution in [2.24, 2.45) is 0 Å². The zero-order valence-corrected chi connectivity index (χ0v) is 10.2. The lowest BCUT2D eigenvalue weighted by atomic mass is 10.2. The van der Waals surface area contributed by atoms with Gasteiger partial charge in [0.15, 0.2) is 0 Å². The van der Waals surface area contributed by atoms with Crippen LogP contribution in [0.15, 0.2) is 23.3 Å². The van der Waals surface area contributed by atoms with Gasteiger partial charge in [-0.2, -0.15) is 5.10 Å². The Morgan fingerprint density at radius 2 is 2.40 bits per heavy atom. The largest absolute Gasteiger partial charge is 0.345 e. The Bertz CT molecular complexity index is 531. The van der Waals surface area contributed by atoms with Crippen LogP contribution in [-0.4, -0.2) is 19.7 Å². The lowest BCUT2D eigenvalue weighted by Gasteiger charge is -1.95. The molecule has 0 atom stereocenters. The molecule has 0 bridgehead atoms. The summed E-state index contributed by atoms with van der Waals surface area (Å²) in [6, 6.07) is 1.76. The number of nitrogens with zero attached hydrogens (tertiary/aromatic N) is 3. The fourth-order valence-electron chi connectivity index (χ4n) is 1.27. The number of hydrogen-bond donors (Lipinski definition) is 1. The van der Waals surface area contributed by atoms with Crippen LogP contribution in [0.1, 0.15) is 6.92 Å². The summed E-state index contributed by atoms with van der Waals surface area (Å²) < 4.78 is 2.70. The standard InChI is InChI=1S/C9H9IN4O/c1-2-14-5-6(8(10)13-14)7-3-4-11-9(15)12-7/h3-5H,2H2,1H3,(H,11,12,15). The van der Waals surface area contributed by atoms with Gasteiger partial charge in [0.1, 0.15) is 3.70 Å². The molecule has 0 aliphatic rings. The number of H-pyrrole nitrogens is 1. The third-order valence-electron chi connectivity index (χ3n) is 2.01. The number of halogens is 1. The molecule has 15 heavy (non-hydrogen) atoms. The van der Waals surface area contributed by atoms with E-state index in [1.807, 2.05) is 17.8 Å². The van der Waals surface area contributed by atoms with Gasteiger partial charge in [0, 0.05) is 24.5 Å². The summed E-state index contributed by atoms with van der Waals surface area (Å²) in [7, 11) is 0. The Morgan fingerprint density at radius 3 is 3.00 bits per heavy atom. The van der Waals surface area contributed by atoms with Gasteiger partial charge in [-0.05, 0) is 35.6 Å². The van der Waals surface area contributed by atoms with Gasteiger partial charge in [-0.3, -0.25) is 4.68 Å². The highest BCUT2D eigenvalue weighted by Crippen LogP contribution is 2.20. The molecule has 0 unspecified atom stereocenters. The number of nitrogens with one attached hydrogen (secondary N) is 1. The molecular formula is C9H9IN4O. The molecule has 2 rings (SSSR count). The number of aromatic nitrogens is 4. The van der Waals surface area contributed by atoms with Crippen LogP contribution in [-0.2, 0) is 6.54 Å². The molecule has 0 spiro atoms. The highest BCUT2D eigenvalue weighted by Gasteiger charge is 2.08. The topological polar surface area (TPSA) is 63.6 Å². The molecule has 0 aliphatic heterocycles. The van der Waals surface area contributed by atoms with Crippen LogP contribution in [0, 0.1) is 3.70 Å². The van der Waals surface area contributed by atoms with Crippen molar-refractivity contribution < 1.29 is 0 Å². The first-order valence-corrected chi connectivity index (χ1v) is 5.57. The summed E-state index contributed by atoms with van der Waals surface area (Å²) in [4.78, 5) is 17.3. The summed E-state index contributed by atoms with van der Waals surface area (Å²) in [6.07, 6.45) is 3.40. The number of hydrogen-bond acceptors (Lipinski definition) is 3. The Labute approximate surface area is 99.7 Å². The number of aryl methyl sites for hydroxylation is 1. The van der Waals surface area contributed by atoms with Gasteiger partial charge >= 0.3 is 5.69 Å². The van der Waals surface area contributed by atoms with Crippen molar-refractivity contribution in [3.63, 3.8) is 0 Å². The second-order valence-corrected chi connectivity index (χ2v) is 4.00. The predicted octanol–water partition coefficient (Wildman–Crippen LogP) is 1.26. The van der Waals surface area contributed by atoms with E-state index < -0.39 is 0 Å². The Balaban J connectivity index is 2.53. The van der Waals surface area contributed by atoms with Gasteiger partial charge in [0.2, 0.25) is 0 Å². The van der Waals surface area contributed by atoms with Crippen LogP contribution in [0.4, 0.5) is 0 Å². The molecule has 6 heteroatoms. The first-order valence-electron chi connectivity index (χ1n) is 4.49. The first kappa shape index (κ1) is 10.3. The zero-order chi connectivity index (χ0) is 10.8. The van der Waals surface area contributed by atoms with Crippen molar-refractivity contribution in [3.8, 4) is 11.3 Å². The van der Waals surface area contributed by atoms with E-state index in [0.717, 1.165) is 21.5 Å². The minimum absolute atomic E-state index is 0.340. The molecule has 2 aromatic rings. The monoisotopic (exact) mass is 316 g/mol. The summed E-state index contributed by atoms with van der Waals surface area (Å²) in [5.41, 5.74) is 1.34. The minimum atomic E-state index is -0.340. The van der Waals surface area contributed by atoms with Gasteiger partial charge in [0.05, 0.1) is 5.69 Å². The third-order valence-corrected chi connectivity index (χ3v) is 2.80. The van der Waals surface area contributed by atoms with Crippen molar-refractivity contribution >= 4 is 22.6 Å². The molecule has 1 N–H and O–H groups in total. The molecule has 2 heterocycles. The molecule has 2 aromatic heterocycles. The first-order chi connectivity index (χ1) is 7.20. The second-order valence-electron chi connectivity index (χ2n) is 2.98. The van der Waals surface area contributed by atoms with Crippen molar-refractivity contribution in [1.29, 1.82) is 0 Å². The van der Waals surface area contributed by atoms with Crippen LogP contribution in [0.25, 0.3) is 11.3 Å². The maximum atomic E-state index is 11.1. The van der Waals surface area contributed by atoms with Crippen LogP contribution >= 0.6 is 22.6 Å². The average molecular weight is 316 g/mol. The van der Waals surface area contributed by atoms with Crippen LogP contribution in [0.3, 0.4) is 0 Å². The fourth-order valence-corrected chi connectivity index (χ4v) is 1.97. The van der Waals surface area contributed by atoms with Gasteiger partial charge in [0.25, 0.3) is 0 Å². The molecule has 0 saturated heterocycles. The van der Waals surface area contributed by atoms with Crippen LogP contribution < -0.4 is 5.69 Å². The average Bonchev–Trinajstić information content (AvgIpc) is 2.60. The van der Waals surface area contributed by atoms with E-state index in [-0.39, 0.29) is 5.69 Å². The smallest absolute Gasteiger partial charge is 0.305 e. The second kappa shape index (κ2) is 4.13. The molecule has 0 aromatic carbocycles. The normalized spacial score (nSPS) is 10.5. The molecule has 0 saturated carbocycles. The SMILES string of the molecule is CCn1cc(-c2ccnc(=O)[nH]2)c(I)n1. The van der Waals surface area contributed by atoms with E-state index in [9.17, 15) is 4.79 Å². The Kier molecular flexibility index (Phi) is 2.85. The maximum absolute atomic E-state index is 11.1. The lowest BCUT2D eigenvalue weighted by Crippen LogP contribution is -2.09. The number of aromatic amines is 1.